The maximum Gasteiger partial charge on any atom is 0.305 e. The standard InChI is InChI=1S/C10H13NO.C9H12.C8H16.C8H10.C5H10O2.C4H8OS.C3H8/c1-3-10(12)11-9-6-4-8(2)5-7-9;1-3-9-6-4-8(2)5-7-9;1-7-3-5-8(2)6-4-7;1-7-4-3-5-8(2)6-7;1-3-5(6)7-4-2;1-4(5)3-6-2;1-3-2/h4-7H,3H2,1-2H3,(H,11,12);4-7H,3H2,1-2H3;7-8H,3-6H2,1-2H3;3-6H,1-2H3;3-4H2,1-2H3;3H2,1-2H3;3H2,1-2H3. The summed E-state index contributed by atoms with van der Waals surface area (Å²) in [5.41, 5.74) is 7.50. The number of rotatable bonds is 7. The number of hydrogen-bond acceptors (Lipinski definition) is 5. The van der Waals surface area contributed by atoms with Gasteiger partial charge in [-0.2, -0.15) is 11.8 Å². The molecular formula is C47H77NO4S. The number of Topliss-reactive ketones (excluding diaryl/α,β-unsaturated/α-hetero) is 1. The number of aryl methyl sites for hydroxylation is 5. The molecule has 3 aromatic rings. The quantitative estimate of drug-likeness (QED) is 0.243. The molecule has 1 aliphatic rings. The van der Waals surface area contributed by atoms with Crippen LogP contribution in [0.25, 0.3) is 0 Å². The van der Waals surface area contributed by atoms with Crippen LogP contribution in [0.1, 0.15) is 135 Å². The van der Waals surface area contributed by atoms with Gasteiger partial charge < -0.3 is 10.1 Å². The zero-order chi connectivity index (χ0) is 41.0. The fourth-order valence-electron chi connectivity index (χ4n) is 4.41. The molecule has 1 amide bonds. The lowest BCUT2D eigenvalue weighted by molar-refractivity contribution is -0.142. The van der Waals surface area contributed by atoms with Crippen LogP contribution in [0, 0.1) is 39.5 Å². The van der Waals surface area contributed by atoms with Crippen LogP contribution in [0.15, 0.2) is 72.8 Å². The molecule has 1 aliphatic carbocycles. The highest BCUT2D eigenvalue weighted by Gasteiger charge is 2.13. The fourth-order valence-corrected chi connectivity index (χ4v) is 4.82. The number of carbonyl (C=O) groups excluding carboxylic acids is 3. The summed E-state index contributed by atoms with van der Waals surface area (Å²) in [5, 5.41) is 2.78. The van der Waals surface area contributed by atoms with Gasteiger partial charge in [-0.25, -0.2) is 0 Å². The van der Waals surface area contributed by atoms with Crippen LogP contribution in [0.3, 0.4) is 0 Å². The van der Waals surface area contributed by atoms with Gasteiger partial charge in [0.1, 0.15) is 5.78 Å². The Morgan fingerprint density at radius 2 is 1.11 bits per heavy atom. The highest BCUT2D eigenvalue weighted by molar-refractivity contribution is 7.99. The Kier molecular flexibility index (Phi) is 37.6. The maximum absolute atomic E-state index is 11.0. The molecule has 1 N–H and O–H groups in total. The molecule has 5 nitrogen and oxygen atoms in total. The van der Waals surface area contributed by atoms with Crippen molar-refractivity contribution < 1.29 is 19.1 Å². The van der Waals surface area contributed by atoms with Crippen molar-refractivity contribution in [1.29, 1.82) is 0 Å². The SMILES string of the molecule is CC1CCC(C)CC1.CCC.CCC(=O)Nc1ccc(C)cc1.CCOC(=O)CC.CCc1ccc(C)cc1.CSCC(C)=O.Cc1cccc(C)c1. The second kappa shape index (κ2) is 37.0. The molecule has 0 aliphatic heterocycles. The minimum atomic E-state index is -0.123. The average Bonchev–Trinajstić information content (AvgIpc) is 3.12. The molecule has 4 rings (SSSR count). The van der Waals surface area contributed by atoms with Crippen molar-refractivity contribution in [1.82, 2.24) is 0 Å². The summed E-state index contributed by atoms with van der Waals surface area (Å²) in [4.78, 5) is 31.2. The largest absolute Gasteiger partial charge is 0.466 e. The third-order valence-electron chi connectivity index (χ3n) is 7.60. The molecule has 0 heterocycles. The number of ether oxygens (including phenoxy) is 1. The van der Waals surface area contributed by atoms with Crippen molar-refractivity contribution in [3.63, 3.8) is 0 Å². The van der Waals surface area contributed by atoms with Crippen LogP contribution in [0.4, 0.5) is 5.69 Å². The third kappa shape index (κ3) is 38.2. The van der Waals surface area contributed by atoms with Crippen molar-refractivity contribution in [3.8, 4) is 0 Å². The number of amides is 1. The fraction of sp³-hybridized carbons (Fsp3) is 0.553. The van der Waals surface area contributed by atoms with Crippen LogP contribution in [0.5, 0.6) is 0 Å². The van der Waals surface area contributed by atoms with E-state index in [1.807, 2.05) is 44.4 Å². The summed E-state index contributed by atoms with van der Waals surface area (Å²) < 4.78 is 4.55. The average molecular weight is 752 g/mol. The van der Waals surface area contributed by atoms with Gasteiger partial charge in [0, 0.05) is 18.5 Å². The number of hydrogen-bond donors (Lipinski definition) is 1. The first-order chi connectivity index (χ1) is 25.1. The van der Waals surface area contributed by atoms with Crippen molar-refractivity contribution in [2.24, 2.45) is 11.8 Å². The van der Waals surface area contributed by atoms with Crippen LogP contribution in [-0.2, 0) is 25.5 Å². The molecule has 0 bridgehead atoms. The Morgan fingerprint density at radius 3 is 1.38 bits per heavy atom. The highest BCUT2D eigenvalue weighted by atomic mass is 32.2. The number of nitrogens with one attached hydrogen (secondary N) is 1. The maximum atomic E-state index is 11.0. The van der Waals surface area contributed by atoms with Crippen LogP contribution >= 0.6 is 11.8 Å². The number of thioether (sulfide) groups is 1. The van der Waals surface area contributed by atoms with Gasteiger partial charge in [-0.05, 0) is 83.8 Å². The van der Waals surface area contributed by atoms with Gasteiger partial charge in [0.15, 0.2) is 0 Å². The molecule has 0 aromatic heterocycles. The summed E-state index contributed by atoms with van der Waals surface area (Å²) in [5.74, 6) is 2.88. The summed E-state index contributed by atoms with van der Waals surface area (Å²) in [6.45, 7) is 27.0. The van der Waals surface area contributed by atoms with Gasteiger partial charge >= 0.3 is 5.97 Å². The summed E-state index contributed by atoms with van der Waals surface area (Å²) in [6, 6.07) is 24.9. The summed E-state index contributed by atoms with van der Waals surface area (Å²) in [6.07, 6.45) is 11.2. The molecule has 0 atom stereocenters. The van der Waals surface area contributed by atoms with Gasteiger partial charge in [-0.1, -0.05) is 163 Å². The Labute approximate surface area is 330 Å². The zero-order valence-corrected chi connectivity index (χ0v) is 37.0. The number of esters is 1. The van der Waals surface area contributed by atoms with Gasteiger partial charge in [0.2, 0.25) is 5.91 Å². The Hall–Kier alpha value is -3.38. The molecule has 53 heavy (non-hydrogen) atoms. The summed E-state index contributed by atoms with van der Waals surface area (Å²) in [7, 11) is 0. The molecule has 1 fully saturated rings. The second-order valence-corrected chi connectivity index (χ2v) is 14.5. The third-order valence-corrected chi connectivity index (χ3v) is 8.30. The van der Waals surface area contributed by atoms with E-state index in [2.05, 4.69) is 114 Å². The molecule has 0 unspecified atom stereocenters. The van der Waals surface area contributed by atoms with Crippen molar-refractivity contribution in [3.05, 3.63) is 101 Å². The van der Waals surface area contributed by atoms with E-state index in [9.17, 15) is 14.4 Å². The van der Waals surface area contributed by atoms with E-state index in [1.165, 1.54) is 59.9 Å². The minimum absolute atomic E-state index is 0.0545. The summed E-state index contributed by atoms with van der Waals surface area (Å²) >= 11 is 1.56. The first-order valence-electron chi connectivity index (χ1n) is 19.7. The molecule has 1 saturated carbocycles. The molecule has 300 valence electrons. The first-order valence-corrected chi connectivity index (χ1v) is 21.1. The Bertz CT molecular complexity index is 1270. The predicted molar refractivity (Wildman–Crippen MR) is 235 cm³/mol. The lowest BCUT2D eigenvalue weighted by Gasteiger charge is -2.22. The Morgan fingerprint density at radius 1 is 0.679 bits per heavy atom. The molecule has 0 spiro atoms. The molecule has 6 heteroatoms. The Balaban J connectivity index is -0.000000565. The molecule has 0 saturated heterocycles. The van der Waals surface area contributed by atoms with Gasteiger partial charge in [0.25, 0.3) is 0 Å². The minimum Gasteiger partial charge on any atom is -0.466 e. The molecular weight excluding hydrogens is 675 g/mol. The monoisotopic (exact) mass is 752 g/mol. The van der Waals surface area contributed by atoms with Gasteiger partial charge in [-0.3, -0.25) is 14.4 Å². The van der Waals surface area contributed by atoms with E-state index in [1.54, 1.807) is 32.5 Å². The van der Waals surface area contributed by atoms with E-state index >= 15 is 0 Å². The van der Waals surface area contributed by atoms with Crippen molar-refractivity contribution >= 4 is 35.1 Å². The van der Waals surface area contributed by atoms with Crippen molar-refractivity contribution in [2.75, 3.05) is 23.9 Å². The lowest BCUT2D eigenvalue weighted by Crippen LogP contribution is -2.08. The van der Waals surface area contributed by atoms with Gasteiger partial charge in [-0.15, -0.1) is 0 Å². The molecule has 3 aromatic carbocycles. The lowest BCUT2D eigenvalue weighted by atomic mass is 9.84. The second-order valence-electron chi connectivity index (χ2n) is 13.6. The highest BCUT2D eigenvalue weighted by Crippen LogP contribution is 2.27. The van der Waals surface area contributed by atoms with E-state index in [4.69, 9.17) is 0 Å². The topological polar surface area (TPSA) is 72.5 Å². The van der Waals surface area contributed by atoms with E-state index in [-0.39, 0.29) is 17.7 Å². The number of carbonyl (C=O) groups is 3. The zero-order valence-electron chi connectivity index (χ0n) is 36.2. The van der Waals surface area contributed by atoms with Gasteiger partial charge in [0.05, 0.1) is 12.4 Å². The smallest absolute Gasteiger partial charge is 0.305 e. The van der Waals surface area contributed by atoms with E-state index in [0.29, 0.717) is 25.2 Å². The van der Waals surface area contributed by atoms with Crippen molar-refractivity contribution in [2.45, 2.75) is 141 Å². The number of ketones is 1. The van der Waals surface area contributed by atoms with E-state index in [0.717, 1.165) is 23.9 Å². The van der Waals surface area contributed by atoms with Crippen LogP contribution in [0.2, 0.25) is 0 Å². The molecule has 0 radical (unpaired) electrons. The first kappa shape index (κ1) is 54.0. The van der Waals surface area contributed by atoms with E-state index < -0.39 is 0 Å². The normalized spacial score (nSPS) is 13.5. The van der Waals surface area contributed by atoms with Crippen LogP contribution < -0.4 is 5.32 Å². The van der Waals surface area contributed by atoms with Crippen LogP contribution in [-0.4, -0.2) is 36.3 Å². The predicted octanol–water partition coefficient (Wildman–Crippen LogP) is 13.4. The number of benzene rings is 3. The number of anilines is 1.